The van der Waals surface area contributed by atoms with E-state index in [1.165, 1.54) is 5.56 Å². The minimum absolute atomic E-state index is 0.815. The zero-order valence-corrected chi connectivity index (χ0v) is 13.2. The number of benzene rings is 1. The summed E-state index contributed by atoms with van der Waals surface area (Å²) < 4.78 is 5.14. The molecule has 4 nitrogen and oxygen atoms in total. The first kappa shape index (κ1) is 14.5. The van der Waals surface area contributed by atoms with Crippen molar-refractivity contribution >= 4 is 16.5 Å². The number of aromatic nitrogens is 1. The normalized spacial score (nSPS) is 16.3. The molecule has 0 saturated carbocycles. The number of hydrogen-bond donors (Lipinski definition) is 0. The summed E-state index contributed by atoms with van der Waals surface area (Å²) in [4.78, 5) is 9.63. The number of thiazole rings is 1. The van der Waals surface area contributed by atoms with Crippen molar-refractivity contribution in [3.05, 3.63) is 35.7 Å². The Morgan fingerprint density at radius 2 is 1.90 bits per heavy atom. The van der Waals surface area contributed by atoms with Crippen LogP contribution >= 0.6 is 11.3 Å². The van der Waals surface area contributed by atoms with Crippen molar-refractivity contribution in [1.29, 1.82) is 0 Å². The largest absolute Gasteiger partial charge is 0.383 e. The summed E-state index contributed by atoms with van der Waals surface area (Å²) in [6, 6.07) is 10.4. The van der Waals surface area contributed by atoms with Gasteiger partial charge in [-0.15, -0.1) is 11.3 Å². The van der Waals surface area contributed by atoms with Crippen LogP contribution in [-0.2, 0) is 4.74 Å². The number of nitrogens with zero attached hydrogens (tertiary/aromatic N) is 3. The highest BCUT2D eigenvalue weighted by Crippen LogP contribution is 2.27. The molecular weight excluding hydrogens is 282 g/mol. The number of methoxy groups -OCH3 is 1. The van der Waals surface area contributed by atoms with Crippen LogP contribution in [0.25, 0.3) is 11.3 Å². The average molecular weight is 303 g/mol. The zero-order valence-electron chi connectivity index (χ0n) is 12.4. The van der Waals surface area contributed by atoms with Crippen molar-refractivity contribution in [1.82, 2.24) is 9.88 Å². The number of hydrogen-bond acceptors (Lipinski definition) is 5. The highest BCUT2D eigenvalue weighted by atomic mass is 32.1. The van der Waals surface area contributed by atoms with Crippen LogP contribution in [0.15, 0.2) is 35.7 Å². The van der Waals surface area contributed by atoms with Gasteiger partial charge in [-0.3, -0.25) is 4.90 Å². The van der Waals surface area contributed by atoms with Crippen LogP contribution < -0.4 is 4.90 Å². The maximum Gasteiger partial charge on any atom is 0.185 e. The number of ether oxygens (including phenoxy) is 1. The summed E-state index contributed by atoms with van der Waals surface area (Å²) >= 11 is 1.74. The Hall–Kier alpha value is -1.43. The predicted octanol–water partition coefficient (Wildman–Crippen LogP) is 2.58. The molecule has 3 rings (SSSR count). The molecule has 2 heterocycles. The molecule has 0 N–H and O–H groups in total. The molecule has 1 aromatic carbocycles. The first-order chi connectivity index (χ1) is 10.4. The van der Waals surface area contributed by atoms with Gasteiger partial charge in [0.2, 0.25) is 0 Å². The molecule has 1 saturated heterocycles. The van der Waals surface area contributed by atoms with E-state index in [0.717, 1.165) is 50.2 Å². The van der Waals surface area contributed by atoms with Crippen LogP contribution in [0.2, 0.25) is 0 Å². The summed E-state index contributed by atoms with van der Waals surface area (Å²) in [5.74, 6) is 0. The van der Waals surface area contributed by atoms with Gasteiger partial charge in [-0.05, 0) is 0 Å². The van der Waals surface area contributed by atoms with Crippen LogP contribution in [0.4, 0.5) is 5.13 Å². The topological polar surface area (TPSA) is 28.6 Å². The van der Waals surface area contributed by atoms with E-state index in [4.69, 9.17) is 9.72 Å². The van der Waals surface area contributed by atoms with Gasteiger partial charge < -0.3 is 9.64 Å². The summed E-state index contributed by atoms with van der Waals surface area (Å²) in [7, 11) is 1.76. The lowest BCUT2D eigenvalue weighted by molar-refractivity contribution is 0.144. The Kier molecular flexibility index (Phi) is 4.85. The van der Waals surface area contributed by atoms with E-state index in [-0.39, 0.29) is 0 Å². The Balaban J connectivity index is 1.60. The molecule has 1 fully saturated rings. The van der Waals surface area contributed by atoms with Gasteiger partial charge >= 0.3 is 0 Å². The van der Waals surface area contributed by atoms with Crippen LogP contribution in [-0.4, -0.2) is 56.3 Å². The third-order valence-corrected chi connectivity index (χ3v) is 4.72. The second kappa shape index (κ2) is 7.02. The SMILES string of the molecule is COCCN1CCN(c2nc(-c3ccccc3)cs2)CC1. The van der Waals surface area contributed by atoms with Gasteiger partial charge in [-0.2, -0.15) is 0 Å². The number of piperazine rings is 1. The third kappa shape index (κ3) is 3.61. The number of anilines is 1. The molecule has 5 heteroatoms. The van der Waals surface area contributed by atoms with Gasteiger partial charge in [0, 0.05) is 50.8 Å². The summed E-state index contributed by atoms with van der Waals surface area (Å²) in [5.41, 5.74) is 2.27. The van der Waals surface area contributed by atoms with E-state index >= 15 is 0 Å². The second-order valence-electron chi connectivity index (χ2n) is 5.20. The Bertz CT molecular complexity index is 550. The fourth-order valence-electron chi connectivity index (χ4n) is 2.53. The third-order valence-electron chi connectivity index (χ3n) is 3.82. The highest BCUT2D eigenvalue weighted by Gasteiger charge is 2.19. The average Bonchev–Trinajstić information content (AvgIpc) is 3.04. The molecule has 0 radical (unpaired) electrons. The summed E-state index contributed by atoms with van der Waals surface area (Å²) in [6.07, 6.45) is 0. The summed E-state index contributed by atoms with van der Waals surface area (Å²) in [5, 5.41) is 3.29. The van der Waals surface area contributed by atoms with E-state index in [1.807, 2.05) is 6.07 Å². The Morgan fingerprint density at radius 1 is 1.14 bits per heavy atom. The van der Waals surface area contributed by atoms with E-state index < -0.39 is 0 Å². The maximum atomic E-state index is 5.14. The monoisotopic (exact) mass is 303 g/mol. The fraction of sp³-hybridized carbons (Fsp3) is 0.438. The van der Waals surface area contributed by atoms with Crippen molar-refractivity contribution in [2.24, 2.45) is 0 Å². The van der Waals surface area contributed by atoms with Crippen molar-refractivity contribution in [2.75, 3.05) is 51.3 Å². The minimum atomic E-state index is 0.815. The lowest BCUT2D eigenvalue weighted by Gasteiger charge is -2.34. The molecular formula is C16H21N3OS. The van der Waals surface area contributed by atoms with Gasteiger partial charge in [0.05, 0.1) is 12.3 Å². The molecule has 0 bridgehead atoms. The van der Waals surface area contributed by atoms with Crippen LogP contribution in [0.5, 0.6) is 0 Å². The first-order valence-corrected chi connectivity index (χ1v) is 8.22. The van der Waals surface area contributed by atoms with Crippen LogP contribution in [0.3, 0.4) is 0 Å². The van der Waals surface area contributed by atoms with Gasteiger partial charge in [0.1, 0.15) is 0 Å². The minimum Gasteiger partial charge on any atom is -0.383 e. The highest BCUT2D eigenvalue weighted by molar-refractivity contribution is 7.14. The van der Waals surface area contributed by atoms with E-state index in [0.29, 0.717) is 0 Å². The molecule has 0 spiro atoms. The molecule has 1 aromatic heterocycles. The van der Waals surface area contributed by atoms with E-state index in [1.54, 1.807) is 18.4 Å². The lowest BCUT2D eigenvalue weighted by atomic mass is 10.2. The van der Waals surface area contributed by atoms with Crippen molar-refractivity contribution in [3.8, 4) is 11.3 Å². The van der Waals surface area contributed by atoms with Crippen molar-refractivity contribution < 1.29 is 4.74 Å². The first-order valence-electron chi connectivity index (χ1n) is 7.34. The molecule has 0 unspecified atom stereocenters. The smallest absolute Gasteiger partial charge is 0.185 e. The molecule has 112 valence electrons. The summed E-state index contributed by atoms with van der Waals surface area (Å²) in [6.45, 7) is 6.11. The van der Waals surface area contributed by atoms with Gasteiger partial charge in [0.25, 0.3) is 0 Å². The fourth-order valence-corrected chi connectivity index (χ4v) is 3.42. The molecule has 0 atom stereocenters. The maximum absolute atomic E-state index is 5.14. The molecule has 2 aromatic rings. The van der Waals surface area contributed by atoms with Crippen molar-refractivity contribution in [2.45, 2.75) is 0 Å². The molecule has 1 aliphatic heterocycles. The molecule has 21 heavy (non-hydrogen) atoms. The van der Waals surface area contributed by atoms with Gasteiger partial charge in [-0.1, -0.05) is 30.3 Å². The van der Waals surface area contributed by atoms with Gasteiger partial charge in [-0.25, -0.2) is 4.98 Å². The van der Waals surface area contributed by atoms with Crippen LogP contribution in [0, 0.1) is 0 Å². The molecule has 0 aliphatic carbocycles. The van der Waals surface area contributed by atoms with E-state index in [9.17, 15) is 0 Å². The predicted molar refractivity (Wildman–Crippen MR) is 88.1 cm³/mol. The standard InChI is InChI=1S/C16H21N3OS/c1-20-12-11-18-7-9-19(10-8-18)16-17-15(13-21-16)14-5-3-2-4-6-14/h2-6,13H,7-12H2,1H3. The van der Waals surface area contributed by atoms with Crippen molar-refractivity contribution in [3.63, 3.8) is 0 Å². The Morgan fingerprint density at radius 3 is 2.62 bits per heavy atom. The number of rotatable bonds is 5. The van der Waals surface area contributed by atoms with E-state index in [2.05, 4.69) is 39.4 Å². The molecule has 0 amide bonds. The molecule has 1 aliphatic rings. The zero-order chi connectivity index (χ0) is 14.5. The lowest BCUT2D eigenvalue weighted by Crippen LogP contribution is -2.47. The Labute approximate surface area is 130 Å². The quantitative estimate of drug-likeness (QED) is 0.849. The second-order valence-corrected chi connectivity index (χ2v) is 6.04. The van der Waals surface area contributed by atoms with Crippen LogP contribution in [0.1, 0.15) is 0 Å². The van der Waals surface area contributed by atoms with Gasteiger partial charge in [0.15, 0.2) is 5.13 Å².